The van der Waals surface area contributed by atoms with E-state index in [1.165, 1.54) is 48.5 Å². The minimum absolute atomic E-state index is 0. The Labute approximate surface area is 183 Å². The minimum atomic E-state index is -1.61. The molecule has 0 radical (unpaired) electrons. The van der Waals surface area contributed by atoms with Crippen molar-refractivity contribution < 1.29 is 65.7 Å². The molecular formula is C18H12N2NiO10. The molecule has 13 heteroatoms. The topological polar surface area (TPSA) is 213 Å². The van der Waals surface area contributed by atoms with Crippen molar-refractivity contribution in [1.82, 2.24) is 0 Å². The summed E-state index contributed by atoms with van der Waals surface area (Å²) in [6, 6.07) is 9.88. The summed E-state index contributed by atoms with van der Waals surface area (Å²) in [5.41, 5.74) is 0.298. The van der Waals surface area contributed by atoms with E-state index in [2.05, 4.69) is 10.6 Å². The molecule has 2 amide bonds. The van der Waals surface area contributed by atoms with Gasteiger partial charge >= 0.3 is 40.2 Å². The van der Waals surface area contributed by atoms with Crippen LogP contribution in [0.3, 0.4) is 0 Å². The summed E-state index contributed by atoms with van der Waals surface area (Å²) in [4.78, 5) is 62.4. The molecule has 0 aliphatic heterocycles. The van der Waals surface area contributed by atoms with Gasteiger partial charge in [-0.05, 0) is 35.4 Å². The largest absolute Gasteiger partial charge is 2.00 e. The van der Waals surface area contributed by atoms with E-state index in [1.807, 2.05) is 0 Å². The summed E-state index contributed by atoms with van der Waals surface area (Å²) in [7, 11) is 0. The normalized spacial score (nSPS) is 9.03. The number of hydrogen-bond donors (Lipinski definition) is 4. The van der Waals surface area contributed by atoms with Crippen molar-refractivity contribution in [3.63, 3.8) is 0 Å². The van der Waals surface area contributed by atoms with Crippen LogP contribution in [0.2, 0.25) is 0 Å². The number of rotatable bonds is 4. The molecule has 12 nitrogen and oxygen atoms in total. The van der Waals surface area contributed by atoms with Gasteiger partial charge < -0.3 is 40.6 Å². The maximum Gasteiger partial charge on any atom is 2.00 e. The van der Waals surface area contributed by atoms with Crippen LogP contribution in [0.25, 0.3) is 0 Å². The average molecular weight is 475 g/mol. The van der Waals surface area contributed by atoms with Gasteiger partial charge in [-0.25, -0.2) is 9.59 Å². The third kappa shape index (κ3) is 9.19. The molecule has 0 unspecified atom stereocenters. The number of amides is 2. The fourth-order valence-electron chi connectivity index (χ4n) is 1.75. The van der Waals surface area contributed by atoms with Gasteiger partial charge in [0.15, 0.2) is 0 Å². The quantitative estimate of drug-likeness (QED) is 0.286. The fraction of sp³-hybridized carbons (Fsp3) is 0. The molecule has 164 valence electrons. The van der Waals surface area contributed by atoms with Gasteiger partial charge in [0.2, 0.25) is 0 Å². The molecule has 0 atom stereocenters. The van der Waals surface area contributed by atoms with Crippen molar-refractivity contribution in [3.05, 3.63) is 59.7 Å². The van der Waals surface area contributed by atoms with Crippen LogP contribution in [0.15, 0.2) is 48.5 Å². The van der Waals surface area contributed by atoms with Gasteiger partial charge in [0.25, 0.3) is 0 Å². The molecule has 0 fully saturated rings. The molecule has 31 heavy (non-hydrogen) atoms. The van der Waals surface area contributed by atoms with Crippen molar-refractivity contribution in [2.45, 2.75) is 0 Å². The second-order valence-electron chi connectivity index (χ2n) is 5.25. The van der Waals surface area contributed by atoms with Crippen molar-refractivity contribution in [2.75, 3.05) is 10.6 Å². The second kappa shape index (κ2) is 12.3. The molecule has 0 spiro atoms. The number of aliphatic carboxylic acids is 2. The monoisotopic (exact) mass is 474 g/mol. The number of hydrogen-bond acceptors (Lipinski definition) is 8. The number of benzene rings is 2. The zero-order chi connectivity index (χ0) is 22.8. The first-order valence-corrected chi connectivity index (χ1v) is 7.72. The Balaban J connectivity index is 0.000000562. The van der Waals surface area contributed by atoms with Gasteiger partial charge in [-0.2, -0.15) is 0 Å². The van der Waals surface area contributed by atoms with E-state index in [-0.39, 0.29) is 39.0 Å². The smallest absolute Gasteiger partial charge is 0.545 e. The molecule has 0 bridgehead atoms. The first-order valence-electron chi connectivity index (χ1n) is 7.72. The van der Waals surface area contributed by atoms with Gasteiger partial charge in [0.05, 0.1) is 11.9 Å². The standard InChI is InChI=1S/2C9H7NO5.Ni/c2*11-7(9(14)15)10-6-3-1-5(2-4-6)8(12)13;/h2*1-4H,(H,10,11)(H,12,13)(H,14,15);/q;;+2/p-2. The molecule has 0 heterocycles. The van der Waals surface area contributed by atoms with E-state index < -0.39 is 35.7 Å². The van der Waals surface area contributed by atoms with Crippen molar-refractivity contribution >= 4 is 47.1 Å². The Morgan fingerprint density at radius 2 is 0.839 bits per heavy atom. The van der Waals surface area contributed by atoms with Gasteiger partial charge in [-0.3, -0.25) is 9.59 Å². The van der Waals surface area contributed by atoms with Gasteiger partial charge in [0, 0.05) is 11.4 Å². The fourth-order valence-corrected chi connectivity index (χ4v) is 1.75. The van der Waals surface area contributed by atoms with Crippen molar-refractivity contribution in [1.29, 1.82) is 0 Å². The third-order valence-corrected chi connectivity index (χ3v) is 3.15. The van der Waals surface area contributed by atoms with Crippen LogP contribution < -0.4 is 20.8 Å². The molecule has 0 saturated heterocycles. The number of carboxylic acids is 4. The number of nitrogens with one attached hydrogen (secondary N) is 2. The van der Waals surface area contributed by atoms with Crippen LogP contribution >= 0.6 is 0 Å². The Morgan fingerprint density at radius 1 is 0.581 bits per heavy atom. The number of anilines is 2. The van der Waals surface area contributed by atoms with Gasteiger partial charge in [0.1, 0.15) is 0 Å². The van der Waals surface area contributed by atoms with Crippen LogP contribution in [0.1, 0.15) is 20.7 Å². The minimum Gasteiger partial charge on any atom is -0.545 e. The van der Waals surface area contributed by atoms with E-state index in [0.29, 0.717) is 0 Å². The van der Waals surface area contributed by atoms with Gasteiger partial charge in [-0.1, -0.05) is 24.3 Å². The maximum absolute atomic E-state index is 10.7. The van der Waals surface area contributed by atoms with E-state index in [0.717, 1.165) is 0 Å². The molecular weight excluding hydrogens is 463 g/mol. The average Bonchev–Trinajstić information content (AvgIpc) is 2.69. The summed E-state index contributed by atoms with van der Waals surface area (Å²) in [5.74, 6) is -8.28. The Kier molecular flexibility index (Phi) is 10.7. The van der Waals surface area contributed by atoms with Crippen LogP contribution in [-0.2, 0) is 35.7 Å². The van der Waals surface area contributed by atoms with Crippen LogP contribution in [0, 0.1) is 0 Å². The molecule has 2 rings (SSSR count). The first kappa shape index (κ1) is 26.8. The van der Waals surface area contributed by atoms with Crippen molar-refractivity contribution in [2.24, 2.45) is 0 Å². The SMILES string of the molecule is O=C(O)C(=O)Nc1ccc(C(=O)[O-])cc1.O=C(O)C(=O)Nc1ccc(C(=O)[O-])cc1.[Ni+2]. The molecule has 0 aliphatic carbocycles. The molecule has 2 aromatic rings. The zero-order valence-corrected chi connectivity index (χ0v) is 16.1. The molecule has 0 aromatic heterocycles. The van der Waals surface area contributed by atoms with E-state index in [9.17, 15) is 39.0 Å². The molecule has 2 aromatic carbocycles. The molecule has 4 N–H and O–H groups in total. The summed E-state index contributed by atoms with van der Waals surface area (Å²) in [5, 5.41) is 41.4. The van der Waals surface area contributed by atoms with Crippen LogP contribution in [-0.4, -0.2) is 45.9 Å². The predicted molar refractivity (Wildman–Crippen MR) is 94.1 cm³/mol. The summed E-state index contributed by atoms with van der Waals surface area (Å²) in [6.07, 6.45) is 0. The number of carbonyl (C=O) groups is 6. The third-order valence-electron chi connectivity index (χ3n) is 3.15. The zero-order valence-electron chi connectivity index (χ0n) is 15.1. The summed E-state index contributed by atoms with van der Waals surface area (Å²) in [6.45, 7) is 0. The molecule has 0 aliphatic rings. The summed E-state index contributed by atoms with van der Waals surface area (Å²) < 4.78 is 0. The first-order chi connectivity index (χ1) is 14.0. The molecule has 0 saturated carbocycles. The van der Waals surface area contributed by atoms with E-state index in [4.69, 9.17) is 10.2 Å². The Morgan fingerprint density at radius 3 is 1.03 bits per heavy atom. The Hall–Kier alpha value is -4.25. The van der Waals surface area contributed by atoms with E-state index in [1.54, 1.807) is 0 Å². The number of carboxylic acid groups (broad SMARTS) is 4. The number of aromatic carboxylic acids is 2. The van der Waals surface area contributed by atoms with E-state index >= 15 is 0 Å². The van der Waals surface area contributed by atoms with Crippen LogP contribution in [0.4, 0.5) is 11.4 Å². The number of carbonyl (C=O) groups excluding carboxylic acids is 4. The second-order valence-corrected chi connectivity index (χ2v) is 5.25. The van der Waals surface area contributed by atoms with Crippen molar-refractivity contribution in [3.8, 4) is 0 Å². The Bertz CT molecular complexity index is 906. The van der Waals surface area contributed by atoms with Crippen LogP contribution in [0.5, 0.6) is 0 Å². The summed E-state index contributed by atoms with van der Waals surface area (Å²) >= 11 is 0. The van der Waals surface area contributed by atoms with Gasteiger partial charge in [-0.15, -0.1) is 0 Å². The maximum atomic E-state index is 10.7. The predicted octanol–water partition coefficient (Wildman–Crippen LogP) is -1.86.